The van der Waals surface area contributed by atoms with E-state index in [0.29, 0.717) is 29.7 Å². The van der Waals surface area contributed by atoms with E-state index in [-0.39, 0.29) is 5.82 Å². The number of halogens is 2. The van der Waals surface area contributed by atoms with Crippen LogP contribution in [0.15, 0.2) is 28.7 Å². The minimum Gasteiger partial charge on any atom is -0.308 e. The molecule has 0 saturated carbocycles. The molecule has 5 heteroatoms. The van der Waals surface area contributed by atoms with Crippen molar-refractivity contribution in [3.8, 4) is 11.3 Å². The van der Waals surface area contributed by atoms with E-state index in [1.54, 1.807) is 18.2 Å². The Morgan fingerprint density at radius 3 is 2.70 bits per heavy atom. The van der Waals surface area contributed by atoms with E-state index in [1.807, 2.05) is 6.92 Å². The predicted molar refractivity (Wildman–Crippen MR) is 81.8 cm³/mol. The molecule has 2 aromatic rings. The quantitative estimate of drug-likeness (QED) is 0.920. The second kappa shape index (κ2) is 6.41. The van der Waals surface area contributed by atoms with Gasteiger partial charge in [0, 0.05) is 21.8 Å². The molecule has 0 aliphatic heterocycles. The van der Waals surface area contributed by atoms with Crippen LogP contribution in [0.25, 0.3) is 11.3 Å². The summed E-state index contributed by atoms with van der Waals surface area (Å²) in [6, 6.07) is 6.99. The third-order valence-electron chi connectivity index (χ3n) is 2.77. The zero-order valence-corrected chi connectivity index (χ0v) is 13.3. The molecular weight excluding hydrogens is 321 g/mol. The van der Waals surface area contributed by atoms with Gasteiger partial charge in [0.05, 0.1) is 12.2 Å². The molecule has 0 radical (unpaired) electrons. The maximum atomic E-state index is 13.9. The minimum atomic E-state index is -0.283. The summed E-state index contributed by atoms with van der Waals surface area (Å²) in [5, 5.41) is 3.27. The highest BCUT2D eigenvalue weighted by atomic mass is 79.9. The van der Waals surface area contributed by atoms with Gasteiger partial charge in [0.1, 0.15) is 11.6 Å². The van der Waals surface area contributed by atoms with Gasteiger partial charge in [-0.1, -0.05) is 29.8 Å². The first-order valence-corrected chi connectivity index (χ1v) is 7.28. The lowest BCUT2D eigenvalue weighted by atomic mass is 10.1. The number of hydrogen-bond donors (Lipinski definition) is 1. The lowest BCUT2D eigenvalue weighted by Gasteiger charge is -2.10. The molecule has 20 heavy (non-hydrogen) atoms. The molecule has 1 heterocycles. The molecule has 0 atom stereocenters. The van der Waals surface area contributed by atoms with Crippen LogP contribution in [0.4, 0.5) is 4.39 Å². The summed E-state index contributed by atoms with van der Waals surface area (Å²) in [5.74, 6) is 0.391. The van der Waals surface area contributed by atoms with Gasteiger partial charge in [-0.25, -0.2) is 14.4 Å². The monoisotopic (exact) mass is 337 g/mol. The maximum absolute atomic E-state index is 13.9. The summed E-state index contributed by atoms with van der Waals surface area (Å²) >= 11 is 3.36. The highest BCUT2D eigenvalue weighted by Crippen LogP contribution is 2.25. The number of rotatable bonds is 4. The van der Waals surface area contributed by atoms with E-state index >= 15 is 0 Å². The Bertz CT molecular complexity index is 614. The average Bonchev–Trinajstić information content (AvgIpc) is 2.38. The third-order valence-corrected chi connectivity index (χ3v) is 3.27. The Labute approximate surface area is 126 Å². The molecule has 3 nitrogen and oxygen atoms in total. The number of benzene rings is 1. The zero-order valence-electron chi connectivity index (χ0n) is 11.7. The Morgan fingerprint density at radius 1 is 1.25 bits per heavy atom. The maximum Gasteiger partial charge on any atom is 0.143 e. The van der Waals surface area contributed by atoms with Crippen molar-refractivity contribution in [2.75, 3.05) is 0 Å². The Morgan fingerprint density at radius 2 is 2.00 bits per heavy atom. The molecule has 0 fully saturated rings. The number of aromatic nitrogens is 2. The molecule has 1 aromatic carbocycles. The SMILES string of the molecule is Cc1cc(-c2cc(Br)ccc2F)nc(CNC(C)C)n1. The molecule has 1 aromatic heterocycles. The second-order valence-corrected chi connectivity index (χ2v) is 5.89. The van der Waals surface area contributed by atoms with Crippen LogP contribution in [0.2, 0.25) is 0 Å². The summed E-state index contributed by atoms with van der Waals surface area (Å²) in [6.07, 6.45) is 0. The summed E-state index contributed by atoms with van der Waals surface area (Å²) in [5.41, 5.74) is 1.92. The highest BCUT2D eigenvalue weighted by Gasteiger charge is 2.10. The van der Waals surface area contributed by atoms with E-state index in [1.165, 1.54) is 6.07 Å². The largest absolute Gasteiger partial charge is 0.308 e. The molecule has 0 aliphatic rings. The van der Waals surface area contributed by atoms with Crippen LogP contribution in [-0.4, -0.2) is 16.0 Å². The number of nitrogens with one attached hydrogen (secondary N) is 1. The molecule has 1 N–H and O–H groups in total. The van der Waals surface area contributed by atoms with E-state index in [9.17, 15) is 4.39 Å². The zero-order chi connectivity index (χ0) is 14.7. The molecule has 106 valence electrons. The fourth-order valence-corrected chi connectivity index (χ4v) is 2.20. The van der Waals surface area contributed by atoms with Crippen molar-refractivity contribution in [3.05, 3.63) is 46.1 Å². The highest BCUT2D eigenvalue weighted by molar-refractivity contribution is 9.10. The van der Waals surface area contributed by atoms with Gasteiger partial charge in [-0.15, -0.1) is 0 Å². The standard InChI is InChI=1S/C15H17BrFN3/c1-9(2)18-8-15-19-10(3)6-14(20-15)12-7-11(16)4-5-13(12)17/h4-7,9,18H,8H2,1-3H3. The average molecular weight is 338 g/mol. The van der Waals surface area contributed by atoms with Gasteiger partial charge in [-0.3, -0.25) is 0 Å². The van der Waals surface area contributed by atoms with Gasteiger partial charge >= 0.3 is 0 Å². The Kier molecular flexibility index (Phi) is 4.83. The first kappa shape index (κ1) is 15.1. The van der Waals surface area contributed by atoms with Gasteiger partial charge in [0.2, 0.25) is 0 Å². The first-order valence-electron chi connectivity index (χ1n) is 6.49. The fourth-order valence-electron chi connectivity index (χ4n) is 1.84. The van der Waals surface area contributed by atoms with Crippen LogP contribution in [0.3, 0.4) is 0 Å². The van der Waals surface area contributed by atoms with Crippen molar-refractivity contribution in [1.29, 1.82) is 0 Å². The van der Waals surface area contributed by atoms with Crippen LogP contribution in [0.5, 0.6) is 0 Å². The fraction of sp³-hybridized carbons (Fsp3) is 0.333. The van der Waals surface area contributed by atoms with Gasteiger partial charge in [0.25, 0.3) is 0 Å². The van der Waals surface area contributed by atoms with Gasteiger partial charge in [-0.2, -0.15) is 0 Å². The molecule has 0 saturated heterocycles. The topological polar surface area (TPSA) is 37.8 Å². The molecule has 0 spiro atoms. The lowest BCUT2D eigenvalue weighted by molar-refractivity contribution is 0.571. The number of nitrogens with zero attached hydrogens (tertiary/aromatic N) is 2. The van der Waals surface area contributed by atoms with E-state index < -0.39 is 0 Å². The van der Waals surface area contributed by atoms with E-state index in [2.05, 4.69) is 45.1 Å². The van der Waals surface area contributed by atoms with Crippen molar-refractivity contribution < 1.29 is 4.39 Å². The van der Waals surface area contributed by atoms with Gasteiger partial charge in [-0.05, 0) is 31.2 Å². The molecule has 2 rings (SSSR count). The summed E-state index contributed by atoms with van der Waals surface area (Å²) in [4.78, 5) is 8.82. The lowest BCUT2D eigenvalue weighted by Crippen LogP contribution is -2.23. The van der Waals surface area contributed by atoms with Gasteiger partial charge in [0.15, 0.2) is 0 Å². The van der Waals surface area contributed by atoms with Gasteiger partial charge < -0.3 is 5.32 Å². The number of aryl methyl sites for hydroxylation is 1. The molecule has 0 unspecified atom stereocenters. The van der Waals surface area contributed by atoms with Crippen molar-refractivity contribution in [2.24, 2.45) is 0 Å². The Hall–Kier alpha value is -1.33. The van der Waals surface area contributed by atoms with Crippen LogP contribution >= 0.6 is 15.9 Å². The third kappa shape index (κ3) is 3.84. The normalized spacial score (nSPS) is 11.1. The summed E-state index contributed by atoms with van der Waals surface area (Å²) in [7, 11) is 0. The van der Waals surface area contributed by atoms with Crippen molar-refractivity contribution >= 4 is 15.9 Å². The van der Waals surface area contributed by atoms with Crippen molar-refractivity contribution in [1.82, 2.24) is 15.3 Å². The molecule has 0 amide bonds. The van der Waals surface area contributed by atoms with Crippen LogP contribution in [-0.2, 0) is 6.54 Å². The number of hydrogen-bond acceptors (Lipinski definition) is 3. The minimum absolute atomic E-state index is 0.283. The molecule has 0 aliphatic carbocycles. The first-order chi connectivity index (χ1) is 9.45. The van der Waals surface area contributed by atoms with Crippen LogP contribution in [0.1, 0.15) is 25.4 Å². The second-order valence-electron chi connectivity index (χ2n) is 4.97. The van der Waals surface area contributed by atoms with Crippen LogP contribution < -0.4 is 5.32 Å². The smallest absolute Gasteiger partial charge is 0.143 e. The van der Waals surface area contributed by atoms with Crippen LogP contribution in [0, 0.1) is 12.7 Å². The van der Waals surface area contributed by atoms with E-state index in [0.717, 1.165) is 10.2 Å². The molecular formula is C15H17BrFN3. The Balaban J connectivity index is 2.38. The van der Waals surface area contributed by atoms with Crippen molar-refractivity contribution in [3.63, 3.8) is 0 Å². The van der Waals surface area contributed by atoms with Crippen molar-refractivity contribution in [2.45, 2.75) is 33.4 Å². The van der Waals surface area contributed by atoms with E-state index in [4.69, 9.17) is 0 Å². The molecule has 0 bridgehead atoms. The predicted octanol–water partition coefficient (Wildman–Crippen LogP) is 3.85. The summed E-state index contributed by atoms with van der Waals surface area (Å²) in [6.45, 7) is 6.58. The summed E-state index contributed by atoms with van der Waals surface area (Å²) < 4.78 is 14.8.